The topological polar surface area (TPSA) is 29.9 Å². The first-order valence-electron chi connectivity index (χ1n) is 7.51. The highest BCUT2D eigenvalue weighted by Crippen LogP contribution is 2.15. The average Bonchev–Trinajstić information content (AvgIpc) is 2.86. The van der Waals surface area contributed by atoms with Gasteiger partial charge in [-0.2, -0.15) is 16.9 Å². The molecular formula is C15H29N3S. The second-order valence-corrected chi connectivity index (χ2v) is 5.98. The molecule has 0 amide bonds. The van der Waals surface area contributed by atoms with Gasteiger partial charge in [-0.25, -0.2) is 0 Å². The molecule has 0 aromatic carbocycles. The van der Waals surface area contributed by atoms with Crippen LogP contribution < -0.4 is 5.32 Å². The minimum Gasteiger partial charge on any atom is -0.313 e. The van der Waals surface area contributed by atoms with E-state index < -0.39 is 0 Å². The molecule has 0 saturated heterocycles. The Kier molecular flexibility index (Phi) is 8.22. The Labute approximate surface area is 122 Å². The monoisotopic (exact) mass is 283 g/mol. The highest BCUT2D eigenvalue weighted by Gasteiger charge is 2.12. The molecule has 3 nitrogen and oxygen atoms in total. The molecule has 4 heteroatoms. The number of aromatic nitrogens is 2. The number of hydrogen-bond donors (Lipinski definition) is 1. The maximum atomic E-state index is 4.75. The summed E-state index contributed by atoms with van der Waals surface area (Å²) in [6.07, 6.45) is 8.84. The summed E-state index contributed by atoms with van der Waals surface area (Å²) in [4.78, 5) is 0. The molecule has 1 aromatic rings. The standard InChI is InChI=1S/C15H29N3S/c1-5-9-16-14(12-19-4)11-13-8-10-18(17-13)15(6-2)7-3/h8,10,14-16H,5-7,9,11-12H2,1-4H3. The third-order valence-corrected chi connectivity index (χ3v) is 4.22. The van der Waals surface area contributed by atoms with Crippen molar-refractivity contribution < 1.29 is 0 Å². The van der Waals surface area contributed by atoms with E-state index in [0.29, 0.717) is 12.1 Å². The van der Waals surface area contributed by atoms with E-state index in [1.165, 1.54) is 12.1 Å². The van der Waals surface area contributed by atoms with Gasteiger partial charge in [-0.15, -0.1) is 0 Å². The summed E-state index contributed by atoms with van der Waals surface area (Å²) < 4.78 is 2.14. The molecule has 0 fully saturated rings. The van der Waals surface area contributed by atoms with Crippen molar-refractivity contribution in [2.75, 3.05) is 18.6 Å². The van der Waals surface area contributed by atoms with Gasteiger partial charge in [0.25, 0.3) is 0 Å². The van der Waals surface area contributed by atoms with Crippen molar-refractivity contribution in [2.45, 2.75) is 58.5 Å². The first-order valence-corrected chi connectivity index (χ1v) is 8.90. The molecule has 0 spiro atoms. The fourth-order valence-electron chi connectivity index (χ4n) is 2.34. The van der Waals surface area contributed by atoms with Gasteiger partial charge >= 0.3 is 0 Å². The van der Waals surface area contributed by atoms with Crippen molar-refractivity contribution in [3.05, 3.63) is 18.0 Å². The number of rotatable bonds is 10. The average molecular weight is 283 g/mol. The molecule has 0 aliphatic rings. The SMILES string of the molecule is CCCNC(CSC)Cc1ccn(C(CC)CC)n1. The van der Waals surface area contributed by atoms with E-state index >= 15 is 0 Å². The number of nitrogens with one attached hydrogen (secondary N) is 1. The van der Waals surface area contributed by atoms with Crippen molar-refractivity contribution in [1.29, 1.82) is 0 Å². The van der Waals surface area contributed by atoms with Crippen LogP contribution >= 0.6 is 11.8 Å². The summed E-state index contributed by atoms with van der Waals surface area (Å²) in [7, 11) is 0. The van der Waals surface area contributed by atoms with Crippen LogP contribution in [-0.4, -0.2) is 34.4 Å². The van der Waals surface area contributed by atoms with Gasteiger partial charge in [0.1, 0.15) is 0 Å². The van der Waals surface area contributed by atoms with Crippen LogP contribution in [-0.2, 0) is 6.42 Å². The van der Waals surface area contributed by atoms with Crippen LogP contribution in [0.4, 0.5) is 0 Å². The predicted octanol–water partition coefficient (Wildman–Crippen LogP) is 3.52. The van der Waals surface area contributed by atoms with E-state index in [1.54, 1.807) is 0 Å². The van der Waals surface area contributed by atoms with Gasteiger partial charge in [0.15, 0.2) is 0 Å². The number of nitrogens with zero attached hydrogens (tertiary/aromatic N) is 2. The summed E-state index contributed by atoms with van der Waals surface area (Å²) in [6, 6.07) is 3.27. The lowest BCUT2D eigenvalue weighted by Crippen LogP contribution is -2.34. The summed E-state index contributed by atoms with van der Waals surface area (Å²) in [5.74, 6) is 1.15. The fraction of sp³-hybridized carbons (Fsp3) is 0.800. The largest absolute Gasteiger partial charge is 0.313 e. The maximum absolute atomic E-state index is 4.75. The molecule has 19 heavy (non-hydrogen) atoms. The molecule has 110 valence electrons. The molecule has 1 N–H and O–H groups in total. The molecule has 1 unspecified atom stereocenters. The second-order valence-electron chi connectivity index (χ2n) is 5.07. The first kappa shape index (κ1) is 16.6. The van der Waals surface area contributed by atoms with Gasteiger partial charge < -0.3 is 5.32 Å². The number of thioether (sulfide) groups is 1. The van der Waals surface area contributed by atoms with E-state index in [2.05, 4.69) is 49.3 Å². The van der Waals surface area contributed by atoms with Gasteiger partial charge in [0, 0.05) is 24.4 Å². The van der Waals surface area contributed by atoms with E-state index in [0.717, 1.165) is 31.6 Å². The second kappa shape index (κ2) is 9.43. The summed E-state index contributed by atoms with van der Waals surface area (Å²) >= 11 is 1.90. The van der Waals surface area contributed by atoms with Crippen molar-refractivity contribution in [3.63, 3.8) is 0 Å². The number of hydrogen-bond acceptors (Lipinski definition) is 3. The molecule has 0 aliphatic carbocycles. The molecule has 1 aromatic heterocycles. The van der Waals surface area contributed by atoms with E-state index in [1.807, 2.05) is 11.8 Å². The predicted molar refractivity (Wildman–Crippen MR) is 86.0 cm³/mol. The van der Waals surface area contributed by atoms with Crippen LogP contribution in [0.15, 0.2) is 12.3 Å². The third kappa shape index (κ3) is 5.57. The fourth-order valence-corrected chi connectivity index (χ4v) is 2.98. The Balaban J connectivity index is 2.58. The summed E-state index contributed by atoms with van der Waals surface area (Å²) in [5.41, 5.74) is 1.22. The minimum atomic E-state index is 0.542. The molecule has 0 bridgehead atoms. The van der Waals surface area contributed by atoms with Crippen molar-refractivity contribution >= 4 is 11.8 Å². The first-order chi connectivity index (χ1) is 9.24. The molecular weight excluding hydrogens is 254 g/mol. The Morgan fingerprint density at radius 1 is 1.32 bits per heavy atom. The van der Waals surface area contributed by atoms with Crippen LogP contribution in [0.2, 0.25) is 0 Å². The summed E-state index contributed by atoms with van der Waals surface area (Å²) in [6.45, 7) is 7.77. The molecule has 0 radical (unpaired) electrons. The van der Waals surface area contributed by atoms with Gasteiger partial charge in [-0.1, -0.05) is 20.8 Å². The maximum Gasteiger partial charge on any atom is 0.0640 e. The molecule has 0 aliphatic heterocycles. The molecule has 1 heterocycles. The van der Waals surface area contributed by atoms with Crippen molar-refractivity contribution in [3.8, 4) is 0 Å². The van der Waals surface area contributed by atoms with Gasteiger partial charge in [-0.3, -0.25) is 4.68 Å². The van der Waals surface area contributed by atoms with Gasteiger partial charge in [0.05, 0.1) is 11.7 Å². The minimum absolute atomic E-state index is 0.542. The van der Waals surface area contributed by atoms with Crippen LogP contribution in [0.5, 0.6) is 0 Å². The highest BCUT2D eigenvalue weighted by atomic mass is 32.2. The molecule has 0 saturated carbocycles. The highest BCUT2D eigenvalue weighted by molar-refractivity contribution is 7.98. The smallest absolute Gasteiger partial charge is 0.0640 e. The lowest BCUT2D eigenvalue weighted by Gasteiger charge is -2.16. The third-order valence-electron chi connectivity index (χ3n) is 3.49. The van der Waals surface area contributed by atoms with Crippen molar-refractivity contribution in [2.24, 2.45) is 0 Å². The van der Waals surface area contributed by atoms with Gasteiger partial charge in [-0.05, 0) is 38.1 Å². The Hall–Kier alpha value is -0.480. The van der Waals surface area contributed by atoms with Crippen LogP contribution in [0, 0.1) is 0 Å². The van der Waals surface area contributed by atoms with E-state index in [-0.39, 0.29) is 0 Å². The quantitative estimate of drug-likeness (QED) is 0.712. The normalized spacial score (nSPS) is 13.1. The van der Waals surface area contributed by atoms with Crippen LogP contribution in [0.1, 0.15) is 51.8 Å². The van der Waals surface area contributed by atoms with E-state index in [4.69, 9.17) is 5.10 Å². The summed E-state index contributed by atoms with van der Waals surface area (Å²) in [5, 5.41) is 8.36. The zero-order valence-corrected chi connectivity index (χ0v) is 13.7. The Morgan fingerprint density at radius 2 is 2.05 bits per heavy atom. The van der Waals surface area contributed by atoms with Gasteiger partial charge in [0.2, 0.25) is 0 Å². The van der Waals surface area contributed by atoms with Crippen LogP contribution in [0.25, 0.3) is 0 Å². The zero-order valence-electron chi connectivity index (χ0n) is 12.9. The lowest BCUT2D eigenvalue weighted by atomic mass is 10.2. The Bertz CT molecular complexity index is 334. The molecule has 1 atom stereocenters. The van der Waals surface area contributed by atoms with E-state index in [9.17, 15) is 0 Å². The zero-order chi connectivity index (χ0) is 14.1. The van der Waals surface area contributed by atoms with Crippen molar-refractivity contribution in [1.82, 2.24) is 15.1 Å². The molecule has 1 rings (SSSR count). The Morgan fingerprint density at radius 3 is 2.63 bits per heavy atom. The lowest BCUT2D eigenvalue weighted by molar-refractivity contribution is 0.423. The van der Waals surface area contributed by atoms with Crippen LogP contribution in [0.3, 0.4) is 0 Å².